The Hall–Kier alpha value is -4.24. The summed E-state index contributed by atoms with van der Waals surface area (Å²) in [5, 5.41) is 31.9. The Balaban J connectivity index is 1.56. The van der Waals surface area contributed by atoms with E-state index in [2.05, 4.69) is 36.8 Å². The van der Waals surface area contributed by atoms with Gasteiger partial charge < -0.3 is 25.8 Å². The number of amides is 2. The number of aromatic nitrogens is 3. The van der Waals surface area contributed by atoms with E-state index < -0.39 is 23.8 Å². The molecule has 3 aromatic rings. The molecule has 4 N–H and O–H groups in total. The Morgan fingerprint density at radius 1 is 1.29 bits per heavy atom. The number of methoxy groups -OCH3 is 1. The number of nitrogens with one attached hydrogen (secondary N) is 3. The first kappa shape index (κ1) is 26.8. The van der Waals surface area contributed by atoms with Gasteiger partial charge >= 0.3 is 6.09 Å². The zero-order valence-electron chi connectivity index (χ0n) is 21.4. The van der Waals surface area contributed by atoms with E-state index >= 15 is 0 Å². The highest BCUT2D eigenvalue weighted by molar-refractivity contribution is 6.00. The van der Waals surface area contributed by atoms with E-state index in [-0.39, 0.29) is 24.1 Å². The SMILES string of the molecule is COC(=O)NC[C@H]1C[C@H](Nc2cc(-c3ccc4cc(C#N)cnn34)ncc2C(=O)NC[C@@H](F)C(C)(C)O)C1. The average Bonchev–Trinajstić information content (AvgIpc) is 3.30. The number of aliphatic hydroxyl groups is 1. The molecule has 0 spiro atoms. The molecule has 1 saturated carbocycles. The standard InChI is InChI=1S/C26H30FN7O4/c1-26(2,37)23(27)14-30-24(35)19-13-29-21(22-5-4-18-8-16(10-28)12-32-34(18)22)9-20(19)33-17-6-15(7-17)11-31-25(36)38-3/h4-5,8-9,12-13,15,17,23,37H,6-7,11,14H2,1-3H3,(H,29,33)(H,30,35)(H,31,36)/t15-,17-,23-/m1/s1. The normalized spacial score (nSPS) is 17.7. The second-order valence-electron chi connectivity index (χ2n) is 9.91. The molecule has 0 unspecified atom stereocenters. The topological polar surface area (TPSA) is 154 Å². The van der Waals surface area contributed by atoms with Crippen LogP contribution in [0, 0.1) is 17.2 Å². The molecule has 0 saturated heterocycles. The zero-order chi connectivity index (χ0) is 27.4. The minimum Gasteiger partial charge on any atom is -0.453 e. The fourth-order valence-corrected chi connectivity index (χ4v) is 4.22. The predicted molar refractivity (Wildman–Crippen MR) is 137 cm³/mol. The molecule has 3 aromatic heterocycles. The molecule has 38 heavy (non-hydrogen) atoms. The number of ether oxygens (including phenoxy) is 1. The van der Waals surface area contributed by atoms with Crippen molar-refractivity contribution in [2.45, 2.75) is 44.5 Å². The Morgan fingerprint density at radius 3 is 2.74 bits per heavy atom. The van der Waals surface area contributed by atoms with Crippen molar-refractivity contribution in [3.8, 4) is 17.5 Å². The van der Waals surface area contributed by atoms with Crippen LogP contribution in [0.3, 0.4) is 0 Å². The molecule has 0 bridgehead atoms. The van der Waals surface area contributed by atoms with E-state index in [1.807, 2.05) is 12.1 Å². The number of alkyl carbamates (subject to hydrolysis) is 1. The number of fused-ring (bicyclic) bond motifs is 1. The maximum Gasteiger partial charge on any atom is 0.406 e. The van der Waals surface area contributed by atoms with E-state index in [4.69, 9.17) is 5.26 Å². The van der Waals surface area contributed by atoms with E-state index in [1.54, 1.807) is 16.6 Å². The number of hydrogen-bond donors (Lipinski definition) is 4. The summed E-state index contributed by atoms with van der Waals surface area (Å²) in [5.74, 6) is -0.268. The first-order chi connectivity index (χ1) is 18.1. The maximum absolute atomic E-state index is 14.2. The molecule has 0 aromatic carbocycles. The van der Waals surface area contributed by atoms with Crippen LogP contribution in [0.15, 0.2) is 36.7 Å². The van der Waals surface area contributed by atoms with Crippen molar-refractivity contribution in [1.82, 2.24) is 25.2 Å². The number of pyridine rings is 1. The fourth-order valence-electron chi connectivity index (χ4n) is 4.22. The highest BCUT2D eigenvalue weighted by atomic mass is 19.1. The lowest BCUT2D eigenvalue weighted by atomic mass is 9.80. The van der Waals surface area contributed by atoms with Crippen molar-refractivity contribution in [3.63, 3.8) is 0 Å². The summed E-state index contributed by atoms with van der Waals surface area (Å²) >= 11 is 0. The minimum absolute atomic E-state index is 0.0481. The Morgan fingerprint density at radius 2 is 2.05 bits per heavy atom. The molecule has 1 aliphatic carbocycles. The molecule has 11 nitrogen and oxygen atoms in total. The van der Waals surface area contributed by atoms with Gasteiger partial charge in [0, 0.05) is 18.8 Å². The Bertz CT molecular complexity index is 1370. The quantitative estimate of drug-likeness (QED) is 0.334. The smallest absolute Gasteiger partial charge is 0.406 e. The van der Waals surface area contributed by atoms with Gasteiger partial charge in [-0.05, 0) is 56.9 Å². The fraction of sp³-hybridized carbons (Fsp3) is 0.423. The third-order valence-corrected chi connectivity index (χ3v) is 6.56. The molecule has 1 aliphatic rings. The van der Waals surface area contributed by atoms with Crippen LogP contribution in [0.1, 0.15) is 42.6 Å². The van der Waals surface area contributed by atoms with Gasteiger partial charge in [0.05, 0.1) is 59.2 Å². The molecule has 0 aliphatic heterocycles. The highest BCUT2D eigenvalue weighted by Gasteiger charge is 2.31. The number of alkyl halides is 1. The second kappa shape index (κ2) is 11.0. The molecule has 12 heteroatoms. The molecular formula is C26H30FN7O4. The molecule has 1 fully saturated rings. The van der Waals surface area contributed by atoms with Gasteiger partial charge in [-0.25, -0.2) is 13.7 Å². The molecule has 2 amide bonds. The lowest BCUT2D eigenvalue weighted by Gasteiger charge is -2.37. The lowest BCUT2D eigenvalue weighted by molar-refractivity contribution is -0.00177. The molecular weight excluding hydrogens is 493 g/mol. The number of halogens is 1. The van der Waals surface area contributed by atoms with Crippen molar-refractivity contribution < 1.29 is 23.8 Å². The molecule has 4 rings (SSSR count). The van der Waals surface area contributed by atoms with Crippen molar-refractivity contribution in [2.75, 3.05) is 25.5 Å². The van der Waals surface area contributed by atoms with Gasteiger partial charge in [-0.2, -0.15) is 10.4 Å². The van der Waals surface area contributed by atoms with Gasteiger partial charge in [-0.15, -0.1) is 0 Å². The molecule has 3 heterocycles. The average molecular weight is 524 g/mol. The van der Waals surface area contributed by atoms with Crippen LogP contribution in [-0.4, -0.2) is 69.7 Å². The number of carbonyl (C=O) groups is 2. The van der Waals surface area contributed by atoms with Gasteiger partial charge in [0.25, 0.3) is 5.91 Å². The van der Waals surface area contributed by atoms with Crippen LogP contribution < -0.4 is 16.0 Å². The number of nitriles is 1. The van der Waals surface area contributed by atoms with Gasteiger partial charge in [0.15, 0.2) is 0 Å². The summed E-state index contributed by atoms with van der Waals surface area (Å²) in [6.45, 7) is 2.80. The van der Waals surface area contributed by atoms with Crippen LogP contribution in [0.2, 0.25) is 0 Å². The van der Waals surface area contributed by atoms with Crippen molar-refractivity contribution >= 4 is 23.2 Å². The van der Waals surface area contributed by atoms with Gasteiger partial charge in [0.1, 0.15) is 12.2 Å². The largest absolute Gasteiger partial charge is 0.453 e. The number of carbonyl (C=O) groups excluding carboxylic acids is 2. The number of nitrogens with zero attached hydrogens (tertiary/aromatic N) is 4. The van der Waals surface area contributed by atoms with Crippen molar-refractivity contribution in [2.24, 2.45) is 5.92 Å². The molecule has 0 radical (unpaired) electrons. The first-order valence-corrected chi connectivity index (χ1v) is 12.2. The highest BCUT2D eigenvalue weighted by Crippen LogP contribution is 2.32. The van der Waals surface area contributed by atoms with Gasteiger partial charge in [0.2, 0.25) is 0 Å². The summed E-state index contributed by atoms with van der Waals surface area (Å²) in [5.41, 5.74) is 1.51. The third kappa shape index (κ3) is 6.00. The molecule has 200 valence electrons. The van der Waals surface area contributed by atoms with Gasteiger partial charge in [-0.1, -0.05) is 0 Å². The summed E-state index contributed by atoms with van der Waals surface area (Å²) < 4.78 is 20.5. The van der Waals surface area contributed by atoms with E-state index in [1.165, 1.54) is 33.4 Å². The summed E-state index contributed by atoms with van der Waals surface area (Å²) in [6.07, 6.45) is 2.28. The van der Waals surface area contributed by atoms with E-state index in [9.17, 15) is 19.1 Å². The number of anilines is 1. The van der Waals surface area contributed by atoms with E-state index in [0.29, 0.717) is 29.2 Å². The summed E-state index contributed by atoms with van der Waals surface area (Å²) in [6, 6.07) is 9.21. The zero-order valence-corrected chi connectivity index (χ0v) is 21.4. The second-order valence-corrected chi connectivity index (χ2v) is 9.91. The summed E-state index contributed by atoms with van der Waals surface area (Å²) in [4.78, 5) is 28.8. The minimum atomic E-state index is -1.65. The monoisotopic (exact) mass is 523 g/mol. The van der Waals surface area contributed by atoms with Crippen molar-refractivity contribution in [3.05, 3.63) is 47.8 Å². The number of hydrogen-bond acceptors (Lipinski definition) is 8. The summed E-state index contributed by atoms with van der Waals surface area (Å²) in [7, 11) is 1.31. The van der Waals surface area contributed by atoms with Crippen LogP contribution in [0.4, 0.5) is 14.9 Å². The maximum atomic E-state index is 14.2. The molecule has 1 atom stereocenters. The van der Waals surface area contributed by atoms with Crippen LogP contribution in [-0.2, 0) is 4.74 Å². The first-order valence-electron chi connectivity index (χ1n) is 12.2. The van der Waals surface area contributed by atoms with Crippen LogP contribution >= 0.6 is 0 Å². The van der Waals surface area contributed by atoms with Crippen molar-refractivity contribution in [1.29, 1.82) is 5.26 Å². The Labute approximate surface area is 219 Å². The van der Waals surface area contributed by atoms with Gasteiger partial charge in [-0.3, -0.25) is 9.78 Å². The predicted octanol–water partition coefficient (Wildman–Crippen LogP) is 2.65. The Kier molecular flexibility index (Phi) is 7.78. The third-order valence-electron chi connectivity index (χ3n) is 6.56. The van der Waals surface area contributed by atoms with Crippen LogP contribution in [0.25, 0.3) is 16.9 Å². The lowest BCUT2D eigenvalue weighted by Crippen LogP contribution is -2.43. The van der Waals surface area contributed by atoms with Crippen LogP contribution in [0.5, 0.6) is 0 Å². The van der Waals surface area contributed by atoms with E-state index in [0.717, 1.165) is 18.4 Å². The number of rotatable bonds is 9.